The number of benzene rings is 2. The van der Waals surface area contributed by atoms with Crippen LogP contribution in [0.4, 0.5) is 15.8 Å². The molecule has 0 aliphatic carbocycles. The third-order valence-electron chi connectivity index (χ3n) is 3.83. The zero-order chi connectivity index (χ0) is 21.0. The molecule has 0 unspecified atom stereocenters. The number of nitro benzene ring substituents is 1. The van der Waals surface area contributed by atoms with Crippen molar-refractivity contribution < 1.29 is 28.3 Å². The molecule has 0 saturated heterocycles. The number of methoxy groups -OCH3 is 2. The molecule has 0 aliphatic heterocycles. The van der Waals surface area contributed by atoms with E-state index in [1.54, 1.807) is 23.6 Å². The molecule has 8 nitrogen and oxygen atoms in total. The smallest absolute Gasteiger partial charge is 0.314 e. The lowest BCUT2D eigenvalue weighted by Gasteiger charge is -2.12. The molecule has 1 N–H and O–H groups in total. The van der Waals surface area contributed by atoms with Crippen LogP contribution in [0.3, 0.4) is 0 Å². The molecule has 0 spiro atoms. The molecule has 2 aromatic carbocycles. The Hall–Kier alpha value is -3.66. The molecule has 3 rings (SSSR count). The molecular formula is C19H15FN2O6S. The molecule has 1 heterocycles. The van der Waals surface area contributed by atoms with E-state index in [1.807, 2.05) is 0 Å². The molecule has 0 aliphatic rings. The van der Waals surface area contributed by atoms with Crippen LogP contribution in [0.5, 0.6) is 23.0 Å². The molecule has 0 atom stereocenters. The Kier molecular flexibility index (Phi) is 5.93. The molecule has 150 valence electrons. The van der Waals surface area contributed by atoms with Crippen LogP contribution in [0.25, 0.3) is 0 Å². The maximum atomic E-state index is 13.3. The maximum absolute atomic E-state index is 13.3. The number of anilines is 1. The molecule has 10 heteroatoms. The number of halogens is 1. The number of hydrogen-bond acceptors (Lipinski definition) is 7. The molecule has 0 bridgehead atoms. The zero-order valence-corrected chi connectivity index (χ0v) is 16.1. The van der Waals surface area contributed by atoms with Crippen molar-refractivity contribution in [3.05, 3.63) is 68.7 Å². The van der Waals surface area contributed by atoms with Gasteiger partial charge in [0.1, 0.15) is 22.2 Å². The van der Waals surface area contributed by atoms with E-state index in [4.69, 9.17) is 14.2 Å². The van der Waals surface area contributed by atoms with Gasteiger partial charge in [0.2, 0.25) is 5.75 Å². The van der Waals surface area contributed by atoms with Crippen molar-refractivity contribution in [1.82, 2.24) is 0 Å². The minimum atomic E-state index is -0.766. The second kappa shape index (κ2) is 8.57. The SMILES string of the molecule is COc1ccc(OC)c(NC(=O)c2sccc2Oc2ccc(F)cc2[N+](=O)[O-])c1. The summed E-state index contributed by atoms with van der Waals surface area (Å²) in [6.45, 7) is 0. The van der Waals surface area contributed by atoms with Gasteiger partial charge in [-0.25, -0.2) is 4.39 Å². The van der Waals surface area contributed by atoms with E-state index in [-0.39, 0.29) is 16.4 Å². The number of nitrogens with one attached hydrogen (secondary N) is 1. The summed E-state index contributed by atoms with van der Waals surface area (Å²) in [5.41, 5.74) is -0.166. The largest absolute Gasteiger partial charge is 0.497 e. The average Bonchev–Trinajstić information content (AvgIpc) is 3.17. The number of hydrogen-bond donors (Lipinski definition) is 1. The maximum Gasteiger partial charge on any atom is 0.314 e. The van der Waals surface area contributed by atoms with Gasteiger partial charge in [-0.2, -0.15) is 0 Å². The predicted molar refractivity (Wildman–Crippen MR) is 105 cm³/mol. The fraction of sp³-hybridized carbons (Fsp3) is 0.105. The summed E-state index contributed by atoms with van der Waals surface area (Å²) in [4.78, 5) is 23.3. The van der Waals surface area contributed by atoms with E-state index in [1.165, 1.54) is 20.3 Å². The predicted octanol–water partition coefficient (Wildman–Crippen LogP) is 4.86. The summed E-state index contributed by atoms with van der Waals surface area (Å²) < 4.78 is 29.3. The molecule has 0 saturated carbocycles. The third-order valence-corrected chi connectivity index (χ3v) is 4.72. The van der Waals surface area contributed by atoms with Crippen molar-refractivity contribution in [2.75, 3.05) is 19.5 Å². The molecular weight excluding hydrogens is 403 g/mol. The van der Waals surface area contributed by atoms with Gasteiger partial charge in [-0.1, -0.05) is 0 Å². The Bertz CT molecular complexity index is 1070. The summed E-state index contributed by atoms with van der Waals surface area (Å²) in [5.74, 6) is -0.409. The van der Waals surface area contributed by atoms with E-state index in [0.717, 1.165) is 29.5 Å². The molecule has 1 amide bonds. The van der Waals surface area contributed by atoms with Gasteiger partial charge in [0, 0.05) is 6.07 Å². The van der Waals surface area contributed by atoms with E-state index in [0.29, 0.717) is 17.2 Å². The van der Waals surface area contributed by atoms with Crippen LogP contribution in [0.1, 0.15) is 9.67 Å². The Balaban J connectivity index is 1.88. The van der Waals surface area contributed by atoms with Crippen molar-refractivity contribution in [3.8, 4) is 23.0 Å². The van der Waals surface area contributed by atoms with Gasteiger partial charge < -0.3 is 19.5 Å². The summed E-state index contributed by atoms with van der Waals surface area (Å²) >= 11 is 1.08. The number of ether oxygens (including phenoxy) is 3. The van der Waals surface area contributed by atoms with E-state index in [2.05, 4.69) is 5.32 Å². The van der Waals surface area contributed by atoms with Crippen LogP contribution in [0.15, 0.2) is 47.8 Å². The lowest BCUT2D eigenvalue weighted by molar-refractivity contribution is -0.385. The van der Waals surface area contributed by atoms with Crippen molar-refractivity contribution in [3.63, 3.8) is 0 Å². The summed E-state index contributed by atoms with van der Waals surface area (Å²) in [5, 5.41) is 15.5. The van der Waals surface area contributed by atoms with Gasteiger partial charge >= 0.3 is 5.69 Å². The molecule has 0 fully saturated rings. The number of rotatable bonds is 7. The number of nitro groups is 1. The number of carbonyl (C=O) groups excluding carboxylic acids is 1. The molecule has 3 aromatic rings. The van der Waals surface area contributed by atoms with Gasteiger partial charge in [0.05, 0.1) is 30.9 Å². The summed E-state index contributed by atoms with van der Waals surface area (Å²) in [7, 11) is 2.96. The van der Waals surface area contributed by atoms with Crippen LogP contribution >= 0.6 is 11.3 Å². The quantitative estimate of drug-likeness (QED) is 0.435. The van der Waals surface area contributed by atoms with Crippen molar-refractivity contribution in [2.45, 2.75) is 0 Å². The Labute approximate surface area is 168 Å². The Morgan fingerprint density at radius 2 is 1.83 bits per heavy atom. The fourth-order valence-electron chi connectivity index (χ4n) is 2.47. The van der Waals surface area contributed by atoms with E-state index >= 15 is 0 Å². The first-order chi connectivity index (χ1) is 13.9. The zero-order valence-electron chi connectivity index (χ0n) is 15.3. The highest BCUT2D eigenvalue weighted by Gasteiger charge is 2.22. The standard InChI is InChI=1S/C19H15FN2O6S/c1-26-12-4-6-15(27-2)13(10-12)21-19(23)18-17(7-8-29-18)28-16-5-3-11(20)9-14(16)22(24)25/h3-10H,1-2H3,(H,21,23). The van der Waals surface area contributed by atoms with E-state index < -0.39 is 22.3 Å². The van der Waals surface area contributed by atoms with E-state index in [9.17, 15) is 19.3 Å². The Morgan fingerprint density at radius 3 is 2.52 bits per heavy atom. The van der Waals surface area contributed by atoms with Crippen molar-refractivity contribution in [1.29, 1.82) is 0 Å². The topological polar surface area (TPSA) is 99.9 Å². The van der Waals surface area contributed by atoms with Crippen LogP contribution in [0, 0.1) is 15.9 Å². The normalized spacial score (nSPS) is 10.3. The molecule has 29 heavy (non-hydrogen) atoms. The average molecular weight is 418 g/mol. The number of nitrogens with zero attached hydrogens (tertiary/aromatic N) is 1. The first kappa shape index (κ1) is 20.1. The highest BCUT2D eigenvalue weighted by Crippen LogP contribution is 2.36. The lowest BCUT2D eigenvalue weighted by Crippen LogP contribution is -2.12. The summed E-state index contributed by atoms with van der Waals surface area (Å²) in [6.07, 6.45) is 0. The first-order valence-electron chi connectivity index (χ1n) is 8.15. The van der Waals surface area contributed by atoms with Crippen molar-refractivity contribution >= 4 is 28.6 Å². The van der Waals surface area contributed by atoms with Gasteiger partial charge in [-0.05, 0) is 35.7 Å². The first-order valence-corrected chi connectivity index (χ1v) is 9.03. The van der Waals surface area contributed by atoms with Crippen LogP contribution < -0.4 is 19.5 Å². The number of carbonyl (C=O) groups is 1. The fourth-order valence-corrected chi connectivity index (χ4v) is 3.18. The van der Waals surface area contributed by atoms with Crippen LogP contribution in [-0.2, 0) is 0 Å². The third kappa shape index (κ3) is 4.43. The monoisotopic (exact) mass is 418 g/mol. The van der Waals surface area contributed by atoms with Crippen molar-refractivity contribution in [2.24, 2.45) is 0 Å². The molecule has 1 aromatic heterocycles. The van der Waals surface area contributed by atoms with Gasteiger partial charge in [0.25, 0.3) is 5.91 Å². The number of amides is 1. The number of thiophene rings is 1. The minimum absolute atomic E-state index is 0.101. The Morgan fingerprint density at radius 1 is 1.07 bits per heavy atom. The second-order valence-corrected chi connectivity index (χ2v) is 6.52. The second-order valence-electron chi connectivity index (χ2n) is 5.61. The highest BCUT2D eigenvalue weighted by atomic mass is 32.1. The van der Waals surface area contributed by atoms with Gasteiger partial charge in [-0.15, -0.1) is 11.3 Å². The van der Waals surface area contributed by atoms with Crippen LogP contribution in [-0.4, -0.2) is 25.1 Å². The summed E-state index contributed by atoms with van der Waals surface area (Å²) in [6, 6.07) is 9.34. The lowest BCUT2D eigenvalue weighted by atomic mass is 10.2. The van der Waals surface area contributed by atoms with Gasteiger partial charge in [-0.3, -0.25) is 14.9 Å². The highest BCUT2D eigenvalue weighted by molar-refractivity contribution is 7.12. The van der Waals surface area contributed by atoms with Gasteiger partial charge in [0.15, 0.2) is 5.75 Å². The molecule has 0 radical (unpaired) electrons. The minimum Gasteiger partial charge on any atom is -0.497 e. The van der Waals surface area contributed by atoms with Crippen LogP contribution in [0.2, 0.25) is 0 Å².